The summed E-state index contributed by atoms with van der Waals surface area (Å²) in [7, 11) is 0. The Hall–Kier alpha value is -1.49. The van der Waals surface area contributed by atoms with Crippen LogP contribution in [0.2, 0.25) is 0 Å². The molecule has 0 saturated carbocycles. The Morgan fingerprint density at radius 1 is 1.69 bits per heavy atom. The highest BCUT2D eigenvalue weighted by Gasteiger charge is 2.30. The number of hydrogen-bond donors (Lipinski definition) is 1. The van der Waals surface area contributed by atoms with E-state index in [0.717, 1.165) is 30.9 Å². The minimum absolute atomic E-state index is 0.0101. The Labute approximate surface area is 94.7 Å². The lowest BCUT2D eigenvalue weighted by Gasteiger charge is -2.22. The second-order valence-corrected chi connectivity index (χ2v) is 4.01. The molecule has 1 atom stereocenters. The van der Waals surface area contributed by atoms with Crippen molar-refractivity contribution in [3.8, 4) is 0 Å². The molecule has 2 N–H and O–H groups in total. The second-order valence-electron chi connectivity index (χ2n) is 4.01. The van der Waals surface area contributed by atoms with Gasteiger partial charge in [-0.3, -0.25) is 4.79 Å². The largest absolute Gasteiger partial charge is 0.331 e. The second kappa shape index (κ2) is 4.57. The highest BCUT2D eigenvalue weighted by Crippen LogP contribution is 2.29. The van der Waals surface area contributed by atoms with Crippen molar-refractivity contribution in [3.63, 3.8) is 0 Å². The Kier molecular flexibility index (Phi) is 3.14. The van der Waals surface area contributed by atoms with Gasteiger partial charge in [0.15, 0.2) is 5.82 Å². The first-order valence-electron chi connectivity index (χ1n) is 5.51. The van der Waals surface area contributed by atoms with Gasteiger partial charge in [-0.15, -0.1) is 0 Å². The van der Waals surface area contributed by atoms with Crippen LogP contribution < -0.4 is 5.73 Å². The summed E-state index contributed by atoms with van der Waals surface area (Å²) < 4.78 is 0. The molecule has 0 radical (unpaired) electrons. The molecular formula is C11H16N4O. The van der Waals surface area contributed by atoms with Gasteiger partial charge in [0.2, 0.25) is 5.91 Å². The highest BCUT2D eigenvalue weighted by molar-refractivity contribution is 5.78. The monoisotopic (exact) mass is 220 g/mol. The first kappa shape index (κ1) is 11.0. The number of aryl methyl sites for hydroxylation is 1. The van der Waals surface area contributed by atoms with Crippen LogP contribution >= 0.6 is 0 Å². The number of hydrogen-bond acceptors (Lipinski definition) is 4. The van der Waals surface area contributed by atoms with E-state index in [1.54, 1.807) is 11.1 Å². The summed E-state index contributed by atoms with van der Waals surface area (Å²) in [6.07, 6.45) is 3.66. The van der Waals surface area contributed by atoms with Crippen molar-refractivity contribution in [2.75, 3.05) is 13.1 Å². The molecule has 86 valence electrons. The Morgan fingerprint density at radius 3 is 3.19 bits per heavy atom. The molecule has 5 heteroatoms. The number of amides is 1. The van der Waals surface area contributed by atoms with Gasteiger partial charge in [0.1, 0.15) is 0 Å². The predicted octanol–water partition coefficient (Wildman–Crippen LogP) is 0.407. The van der Waals surface area contributed by atoms with Crippen molar-refractivity contribution in [3.05, 3.63) is 23.8 Å². The summed E-state index contributed by atoms with van der Waals surface area (Å²) in [4.78, 5) is 22.0. The zero-order valence-electron chi connectivity index (χ0n) is 9.39. The standard InChI is InChI=1S/C11H16N4O/c1-8-4-5-13-11(14-8)9-3-2-6-15(9)10(16)7-12/h4-5,9H,2-3,6-7,12H2,1H3. The topological polar surface area (TPSA) is 72.1 Å². The lowest BCUT2D eigenvalue weighted by atomic mass is 10.2. The number of rotatable bonds is 2. The van der Waals surface area contributed by atoms with E-state index < -0.39 is 0 Å². The fourth-order valence-corrected chi connectivity index (χ4v) is 2.08. The first-order chi connectivity index (χ1) is 7.72. The number of carbonyl (C=O) groups excluding carboxylic acids is 1. The fraction of sp³-hybridized carbons (Fsp3) is 0.545. The average Bonchev–Trinajstić information content (AvgIpc) is 2.77. The molecular weight excluding hydrogens is 204 g/mol. The van der Waals surface area contributed by atoms with Gasteiger partial charge < -0.3 is 10.6 Å². The molecule has 1 saturated heterocycles. The minimum Gasteiger partial charge on any atom is -0.331 e. The van der Waals surface area contributed by atoms with E-state index in [0.29, 0.717) is 0 Å². The smallest absolute Gasteiger partial charge is 0.236 e. The molecule has 1 aromatic rings. The van der Waals surface area contributed by atoms with E-state index in [4.69, 9.17) is 5.73 Å². The van der Waals surface area contributed by atoms with Gasteiger partial charge in [0, 0.05) is 18.4 Å². The maximum absolute atomic E-state index is 11.6. The molecule has 2 heterocycles. The van der Waals surface area contributed by atoms with Crippen LogP contribution in [0.1, 0.15) is 30.4 Å². The summed E-state index contributed by atoms with van der Waals surface area (Å²) in [5.74, 6) is 0.715. The molecule has 1 fully saturated rings. The van der Waals surface area contributed by atoms with Gasteiger partial charge in [-0.25, -0.2) is 9.97 Å². The molecule has 0 aliphatic carbocycles. The Bertz CT molecular complexity index is 393. The van der Waals surface area contributed by atoms with Crippen molar-refractivity contribution in [1.29, 1.82) is 0 Å². The van der Waals surface area contributed by atoms with Crippen molar-refractivity contribution in [1.82, 2.24) is 14.9 Å². The molecule has 1 unspecified atom stereocenters. The number of carbonyl (C=O) groups is 1. The lowest BCUT2D eigenvalue weighted by Crippen LogP contribution is -2.36. The van der Waals surface area contributed by atoms with E-state index in [1.165, 1.54) is 0 Å². The van der Waals surface area contributed by atoms with Crippen LogP contribution in [0.4, 0.5) is 0 Å². The van der Waals surface area contributed by atoms with E-state index >= 15 is 0 Å². The van der Waals surface area contributed by atoms with Crippen LogP contribution in [0.3, 0.4) is 0 Å². The molecule has 1 aromatic heterocycles. The molecule has 1 amide bonds. The van der Waals surface area contributed by atoms with Crippen molar-refractivity contribution in [2.24, 2.45) is 5.73 Å². The number of likely N-dealkylation sites (tertiary alicyclic amines) is 1. The third-order valence-corrected chi connectivity index (χ3v) is 2.86. The molecule has 16 heavy (non-hydrogen) atoms. The number of aromatic nitrogens is 2. The zero-order chi connectivity index (χ0) is 11.5. The highest BCUT2D eigenvalue weighted by atomic mass is 16.2. The fourth-order valence-electron chi connectivity index (χ4n) is 2.08. The third kappa shape index (κ3) is 2.04. The van der Waals surface area contributed by atoms with E-state index in [-0.39, 0.29) is 18.5 Å². The lowest BCUT2D eigenvalue weighted by molar-refractivity contribution is -0.130. The van der Waals surface area contributed by atoms with Crippen LogP contribution in [0.5, 0.6) is 0 Å². The third-order valence-electron chi connectivity index (χ3n) is 2.86. The number of nitrogens with zero attached hydrogens (tertiary/aromatic N) is 3. The van der Waals surface area contributed by atoms with Gasteiger partial charge in [0.05, 0.1) is 12.6 Å². The van der Waals surface area contributed by atoms with Gasteiger partial charge >= 0.3 is 0 Å². The maximum Gasteiger partial charge on any atom is 0.236 e. The molecule has 0 bridgehead atoms. The molecule has 0 aromatic carbocycles. The van der Waals surface area contributed by atoms with Crippen LogP contribution in [-0.4, -0.2) is 33.9 Å². The summed E-state index contributed by atoms with van der Waals surface area (Å²) in [5, 5.41) is 0. The molecule has 1 aliphatic heterocycles. The average molecular weight is 220 g/mol. The van der Waals surface area contributed by atoms with Crippen LogP contribution in [0.25, 0.3) is 0 Å². The van der Waals surface area contributed by atoms with Crippen molar-refractivity contribution >= 4 is 5.91 Å². The Morgan fingerprint density at radius 2 is 2.50 bits per heavy atom. The predicted molar refractivity (Wildman–Crippen MR) is 59.5 cm³/mol. The van der Waals surface area contributed by atoms with Gasteiger partial charge in [0.25, 0.3) is 0 Å². The molecule has 1 aliphatic rings. The quantitative estimate of drug-likeness (QED) is 0.783. The van der Waals surface area contributed by atoms with E-state index in [2.05, 4.69) is 9.97 Å². The Balaban J connectivity index is 2.23. The van der Waals surface area contributed by atoms with E-state index in [9.17, 15) is 4.79 Å². The van der Waals surface area contributed by atoms with Gasteiger partial charge in [-0.2, -0.15) is 0 Å². The van der Waals surface area contributed by atoms with Gasteiger partial charge in [-0.05, 0) is 25.8 Å². The summed E-state index contributed by atoms with van der Waals surface area (Å²) >= 11 is 0. The SMILES string of the molecule is Cc1ccnc(C2CCCN2C(=O)CN)n1. The molecule has 0 spiro atoms. The summed E-state index contributed by atoms with van der Waals surface area (Å²) in [6.45, 7) is 2.75. The minimum atomic E-state index is -0.0207. The summed E-state index contributed by atoms with van der Waals surface area (Å²) in [6, 6.07) is 1.86. The molecule has 2 rings (SSSR count). The van der Waals surface area contributed by atoms with E-state index in [1.807, 2.05) is 13.0 Å². The van der Waals surface area contributed by atoms with Crippen LogP contribution in [-0.2, 0) is 4.79 Å². The van der Waals surface area contributed by atoms with Crippen LogP contribution in [0, 0.1) is 6.92 Å². The first-order valence-corrected chi connectivity index (χ1v) is 5.51. The van der Waals surface area contributed by atoms with Gasteiger partial charge in [-0.1, -0.05) is 0 Å². The zero-order valence-corrected chi connectivity index (χ0v) is 9.39. The van der Waals surface area contributed by atoms with Crippen molar-refractivity contribution in [2.45, 2.75) is 25.8 Å². The maximum atomic E-state index is 11.6. The number of nitrogens with two attached hydrogens (primary N) is 1. The summed E-state index contributed by atoms with van der Waals surface area (Å²) in [5.41, 5.74) is 6.32. The van der Waals surface area contributed by atoms with Crippen LogP contribution in [0.15, 0.2) is 12.3 Å². The normalized spacial score (nSPS) is 20.1. The van der Waals surface area contributed by atoms with Crippen molar-refractivity contribution < 1.29 is 4.79 Å². The molecule has 5 nitrogen and oxygen atoms in total.